The Morgan fingerprint density at radius 2 is 1.87 bits per heavy atom. The summed E-state index contributed by atoms with van der Waals surface area (Å²) in [4.78, 5) is 24.2. The normalized spacial score (nSPS) is 10.7. The lowest BCUT2D eigenvalue weighted by Crippen LogP contribution is -2.13. The molecule has 8 heteroatoms. The van der Waals surface area contributed by atoms with Crippen molar-refractivity contribution in [2.75, 3.05) is 25.6 Å². The van der Waals surface area contributed by atoms with Gasteiger partial charge in [-0.2, -0.15) is 5.26 Å². The first-order valence-electron chi connectivity index (χ1n) is 9.14. The molecular formula is C22H21BrN2O5. The number of hydrogen-bond acceptors (Lipinski definition) is 6. The molecule has 0 aliphatic carbocycles. The van der Waals surface area contributed by atoms with Crippen LogP contribution >= 0.6 is 15.9 Å². The number of halogens is 1. The highest BCUT2D eigenvalue weighted by atomic mass is 79.9. The molecule has 0 unspecified atom stereocenters. The van der Waals surface area contributed by atoms with Crippen LogP contribution in [0.2, 0.25) is 0 Å². The molecule has 0 bridgehead atoms. The Morgan fingerprint density at radius 1 is 1.17 bits per heavy atom. The van der Waals surface area contributed by atoms with Crippen molar-refractivity contribution in [1.29, 1.82) is 5.26 Å². The second kappa shape index (κ2) is 11.0. The van der Waals surface area contributed by atoms with Gasteiger partial charge in [-0.25, -0.2) is 4.79 Å². The van der Waals surface area contributed by atoms with Gasteiger partial charge in [-0.1, -0.05) is 0 Å². The third-order valence-electron chi connectivity index (χ3n) is 3.87. The minimum atomic E-state index is -0.578. The molecule has 30 heavy (non-hydrogen) atoms. The number of rotatable bonds is 8. The van der Waals surface area contributed by atoms with Gasteiger partial charge in [0.2, 0.25) is 0 Å². The third kappa shape index (κ3) is 5.84. The number of hydrogen-bond donors (Lipinski definition) is 1. The SMILES string of the molecule is CCOC(=O)c1ccc(NC(=O)/C(C#N)=C/c2cc(Br)c(OC)c(OCC)c2)cc1. The van der Waals surface area contributed by atoms with Gasteiger partial charge in [0, 0.05) is 5.69 Å². The molecule has 7 nitrogen and oxygen atoms in total. The molecule has 0 fully saturated rings. The molecule has 0 heterocycles. The van der Waals surface area contributed by atoms with Crippen LogP contribution in [0, 0.1) is 11.3 Å². The van der Waals surface area contributed by atoms with Crippen molar-refractivity contribution in [3.63, 3.8) is 0 Å². The first kappa shape index (κ1) is 23.0. The van der Waals surface area contributed by atoms with E-state index in [9.17, 15) is 14.9 Å². The zero-order chi connectivity index (χ0) is 22.1. The highest BCUT2D eigenvalue weighted by molar-refractivity contribution is 9.10. The van der Waals surface area contributed by atoms with Crippen LogP contribution in [0.5, 0.6) is 11.5 Å². The van der Waals surface area contributed by atoms with Crippen molar-refractivity contribution < 1.29 is 23.8 Å². The molecule has 0 saturated heterocycles. The molecule has 0 spiro atoms. The lowest BCUT2D eigenvalue weighted by atomic mass is 10.1. The number of nitrogens with zero attached hydrogens (tertiary/aromatic N) is 1. The number of nitriles is 1. The number of carbonyl (C=O) groups excluding carboxylic acids is 2. The Balaban J connectivity index is 2.23. The summed E-state index contributed by atoms with van der Waals surface area (Å²) in [6, 6.07) is 11.5. The van der Waals surface area contributed by atoms with E-state index in [0.29, 0.717) is 39.4 Å². The van der Waals surface area contributed by atoms with Crippen molar-refractivity contribution in [3.05, 3.63) is 57.6 Å². The molecule has 0 aliphatic rings. The molecule has 0 saturated carbocycles. The number of amides is 1. The summed E-state index contributed by atoms with van der Waals surface area (Å²) in [5.41, 5.74) is 1.32. The minimum Gasteiger partial charge on any atom is -0.492 e. The zero-order valence-electron chi connectivity index (χ0n) is 16.8. The van der Waals surface area contributed by atoms with Crippen LogP contribution in [0.25, 0.3) is 6.08 Å². The first-order valence-corrected chi connectivity index (χ1v) is 9.93. The molecule has 1 N–H and O–H groups in total. The number of carbonyl (C=O) groups is 2. The van der Waals surface area contributed by atoms with Crippen LogP contribution in [-0.2, 0) is 9.53 Å². The average molecular weight is 473 g/mol. The fraction of sp³-hybridized carbons (Fsp3) is 0.227. The molecule has 2 aromatic rings. The van der Waals surface area contributed by atoms with Crippen molar-refractivity contribution in [1.82, 2.24) is 0 Å². The lowest BCUT2D eigenvalue weighted by molar-refractivity contribution is -0.112. The van der Waals surface area contributed by atoms with Gasteiger partial charge in [0.25, 0.3) is 5.91 Å². The van der Waals surface area contributed by atoms with E-state index >= 15 is 0 Å². The smallest absolute Gasteiger partial charge is 0.338 e. The van der Waals surface area contributed by atoms with Gasteiger partial charge in [0.15, 0.2) is 11.5 Å². The van der Waals surface area contributed by atoms with Crippen molar-refractivity contribution in [2.24, 2.45) is 0 Å². The predicted molar refractivity (Wildman–Crippen MR) is 116 cm³/mol. The summed E-state index contributed by atoms with van der Waals surface area (Å²) in [5, 5.41) is 12.1. The fourth-order valence-electron chi connectivity index (χ4n) is 2.55. The molecular weight excluding hydrogens is 452 g/mol. The summed E-state index contributed by atoms with van der Waals surface area (Å²) >= 11 is 3.40. The molecule has 0 atom stereocenters. The number of benzene rings is 2. The van der Waals surface area contributed by atoms with Crippen LogP contribution in [0.15, 0.2) is 46.4 Å². The first-order chi connectivity index (χ1) is 14.4. The Bertz CT molecular complexity index is 994. The number of ether oxygens (including phenoxy) is 3. The van der Waals surface area contributed by atoms with E-state index in [1.165, 1.54) is 25.3 Å². The lowest BCUT2D eigenvalue weighted by Gasteiger charge is -2.12. The number of nitrogens with one attached hydrogen (secondary N) is 1. The summed E-state index contributed by atoms with van der Waals surface area (Å²) in [6.07, 6.45) is 1.45. The van der Waals surface area contributed by atoms with Crippen LogP contribution in [-0.4, -0.2) is 32.2 Å². The van der Waals surface area contributed by atoms with Crippen LogP contribution in [0.3, 0.4) is 0 Å². The van der Waals surface area contributed by atoms with Crippen molar-refractivity contribution >= 4 is 39.6 Å². The maximum Gasteiger partial charge on any atom is 0.338 e. The topological polar surface area (TPSA) is 97.7 Å². The van der Waals surface area contributed by atoms with Gasteiger partial charge in [0.1, 0.15) is 11.6 Å². The van der Waals surface area contributed by atoms with Gasteiger partial charge >= 0.3 is 5.97 Å². The van der Waals surface area contributed by atoms with E-state index in [4.69, 9.17) is 14.2 Å². The molecule has 0 aromatic heterocycles. The molecule has 2 aromatic carbocycles. The number of methoxy groups -OCH3 is 1. The summed E-state index contributed by atoms with van der Waals surface area (Å²) in [5.74, 6) is 0.000909. The Morgan fingerprint density at radius 3 is 2.43 bits per heavy atom. The Labute approximate surface area is 183 Å². The summed E-state index contributed by atoms with van der Waals surface area (Å²) in [6.45, 7) is 4.28. The highest BCUT2D eigenvalue weighted by Crippen LogP contribution is 2.37. The van der Waals surface area contributed by atoms with Gasteiger partial charge in [-0.3, -0.25) is 4.79 Å². The molecule has 156 valence electrons. The monoisotopic (exact) mass is 472 g/mol. The molecule has 2 rings (SSSR count). The van der Waals surface area contributed by atoms with Gasteiger partial charge in [-0.15, -0.1) is 0 Å². The number of esters is 1. The van der Waals surface area contributed by atoms with E-state index in [0.717, 1.165) is 0 Å². The third-order valence-corrected chi connectivity index (χ3v) is 4.45. The van der Waals surface area contributed by atoms with Gasteiger partial charge in [-0.05, 0) is 77.8 Å². The van der Waals surface area contributed by atoms with Gasteiger partial charge in [0.05, 0.1) is 30.4 Å². The second-order valence-corrected chi connectivity index (χ2v) is 6.74. The van der Waals surface area contributed by atoms with Crippen molar-refractivity contribution in [3.8, 4) is 17.6 Å². The maximum absolute atomic E-state index is 12.5. The average Bonchev–Trinajstić information content (AvgIpc) is 2.72. The van der Waals surface area contributed by atoms with Crippen LogP contribution in [0.1, 0.15) is 29.8 Å². The van der Waals surface area contributed by atoms with Crippen LogP contribution in [0.4, 0.5) is 5.69 Å². The molecule has 1 amide bonds. The Kier molecular flexibility index (Phi) is 8.44. The van der Waals surface area contributed by atoms with E-state index < -0.39 is 11.9 Å². The Hall–Kier alpha value is -3.31. The second-order valence-electron chi connectivity index (χ2n) is 5.89. The van der Waals surface area contributed by atoms with E-state index in [-0.39, 0.29) is 12.2 Å². The highest BCUT2D eigenvalue weighted by Gasteiger charge is 2.14. The summed E-state index contributed by atoms with van der Waals surface area (Å²) < 4.78 is 16.4. The van der Waals surface area contributed by atoms with E-state index in [1.807, 2.05) is 13.0 Å². The van der Waals surface area contributed by atoms with Crippen LogP contribution < -0.4 is 14.8 Å². The maximum atomic E-state index is 12.5. The number of anilines is 1. The van der Waals surface area contributed by atoms with E-state index in [2.05, 4.69) is 21.2 Å². The quantitative estimate of drug-likeness (QED) is 0.343. The zero-order valence-corrected chi connectivity index (χ0v) is 18.4. The molecule has 0 aliphatic heterocycles. The van der Waals surface area contributed by atoms with E-state index in [1.54, 1.807) is 31.2 Å². The standard InChI is InChI=1S/C22H21BrN2O5/c1-4-29-19-12-14(11-18(23)20(19)28-3)10-16(13-24)21(26)25-17-8-6-15(7-9-17)22(27)30-5-2/h6-12H,4-5H2,1-3H3,(H,25,26)/b16-10+. The van der Waals surface area contributed by atoms with Gasteiger partial charge < -0.3 is 19.5 Å². The predicted octanol–water partition coefficient (Wildman–Crippen LogP) is 4.58. The summed E-state index contributed by atoms with van der Waals surface area (Å²) in [7, 11) is 1.53. The minimum absolute atomic E-state index is 0.0935. The van der Waals surface area contributed by atoms with Crippen molar-refractivity contribution in [2.45, 2.75) is 13.8 Å². The largest absolute Gasteiger partial charge is 0.492 e. The molecule has 0 radical (unpaired) electrons. The fourth-order valence-corrected chi connectivity index (χ4v) is 3.17.